The van der Waals surface area contributed by atoms with Crippen molar-refractivity contribution >= 4 is 18.0 Å². The molecule has 0 aromatic heterocycles. The van der Waals surface area contributed by atoms with Gasteiger partial charge in [0.25, 0.3) is 11.8 Å². The second-order valence-corrected chi connectivity index (χ2v) is 9.30. The maximum Gasteiger partial charge on any atom is 0.254 e. The monoisotopic (exact) mass is 442 g/mol. The van der Waals surface area contributed by atoms with Crippen molar-refractivity contribution in [1.29, 1.82) is 0 Å². The van der Waals surface area contributed by atoms with Crippen LogP contribution >= 0.6 is 0 Å². The zero-order chi connectivity index (χ0) is 22.5. The number of carbonyl (C=O) groups excluding carboxylic acids is 2. The molecule has 2 saturated carbocycles. The minimum atomic E-state index is -0.235. The van der Waals surface area contributed by atoms with Crippen molar-refractivity contribution in [2.75, 3.05) is 6.61 Å². The number of imide groups is 1. The van der Waals surface area contributed by atoms with E-state index in [9.17, 15) is 9.59 Å². The van der Waals surface area contributed by atoms with E-state index >= 15 is 0 Å². The van der Waals surface area contributed by atoms with Gasteiger partial charge in [0.2, 0.25) is 0 Å². The van der Waals surface area contributed by atoms with Crippen molar-refractivity contribution < 1.29 is 19.1 Å². The first-order chi connectivity index (χ1) is 16.2. The fourth-order valence-electron chi connectivity index (χ4n) is 5.91. The fraction of sp³-hybridized carbons (Fsp3) is 0.370. The lowest BCUT2D eigenvalue weighted by Crippen LogP contribution is -2.40. The van der Waals surface area contributed by atoms with Crippen LogP contribution < -0.4 is 9.47 Å². The second-order valence-electron chi connectivity index (χ2n) is 9.30. The third kappa shape index (κ3) is 3.36. The highest BCUT2D eigenvalue weighted by atomic mass is 16.5. The molecule has 4 aliphatic carbocycles. The second kappa shape index (κ2) is 7.87. The molecule has 5 aliphatic rings. The third-order valence-corrected chi connectivity index (χ3v) is 7.47. The number of allylic oxidation sites excluding steroid dienone is 2. The Bertz CT molecular complexity index is 1120. The van der Waals surface area contributed by atoms with Crippen molar-refractivity contribution in [3.05, 3.63) is 71.8 Å². The molecule has 6 atom stereocenters. The fourth-order valence-corrected chi connectivity index (χ4v) is 5.91. The number of ether oxygens (including phenoxy) is 2. The predicted molar refractivity (Wildman–Crippen MR) is 123 cm³/mol. The highest BCUT2D eigenvalue weighted by molar-refractivity contribution is 6.06. The van der Waals surface area contributed by atoms with E-state index in [-0.39, 0.29) is 35.5 Å². The van der Waals surface area contributed by atoms with Gasteiger partial charge in [-0.15, -0.1) is 0 Å². The molecule has 3 fully saturated rings. The van der Waals surface area contributed by atoms with Gasteiger partial charge >= 0.3 is 0 Å². The van der Waals surface area contributed by atoms with Crippen LogP contribution in [0.15, 0.2) is 65.8 Å². The first-order valence-electron chi connectivity index (χ1n) is 11.7. The number of benzene rings is 2. The minimum absolute atomic E-state index is 0.154. The number of carbonyl (C=O) groups is 2. The molecule has 2 aromatic carbocycles. The third-order valence-electron chi connectivity index (χ3n) is 7.47. The lowest BCUT2D eigenvalue weighted by Gasteiger charge is -2.37. The first-order valence-corrected chi connectivity index (χ1v) is 11.7. The molecule has 0 unspecified atom stereocenters. The predicted octanol–water partition coefficient (Wildman–Crippen LogP) is 4.05. The van der Waals surface area contributed by atoms with Gasteiger partial charge in [0.05, 0.1) is 24.7 Å². The minimum Gasteiger partial charge on any atom is -0.490 e. The quantitative estimate of drug-likeness (QED) is 0.369. The van der Waals surface area contributed by atoms with Crippen LogP contribution in [0.5, 0.6) is 11.5 Å². The summed E-state index contributed by atoms with van der Waals surface area (Å²) in [6.07, 6.45) is 7.05. The Balaban J connectivity index is 1.19. The van der Waals surface area contributed by atoms with Crippen LogP contribution in [0.4, 0.5) is 0 Å². The van der Waals surface area contributed by atoms with Gasteiger partial charge in [0.1, 0.15) is 6.61 Å². The Labute approximate surface area is 192 Å². The molecule has 0 radical (unpaired) electrons. The van der Waals surface area contributed by atoms with Crippen LogP contribution in [-0.4, -0.2) is 29.6 Å². The van der Waals surface area contributed by atoms with Crippen LogP contribution in [0.3, 0.4) is 0 Å². The zero-order valence-corrected chi connectivity index (χ0v) is 18.5. The number of hydrogen-bond donors (Lipinski definition) is 0. The standard InChI is InChI=1S/C27H26N2O4/c1-2-32-23-12-17(8-11-22(23)33-15-16-6-4-3-5-7-16)14-28-29-26(30)24-18-9-10-19(21-13-20(18)21)25(24)27(29)31/h3-12,14,18-21,24-25H,2,13,15H2,1H3/b28-14-/t18-,19-,20-,21+,24-,25+/m1/s1. The van der Waals surface area contributed by atoms with Gasteiger partial charge in [-0.25, -0.2) is 0 Å². The molecule has 0 spiro atoms. The van der Waals surface area contributed by atoms with Crippen molar-refractivity contribution in [3.63, 3.8) is 0 Å². The molecule has 6 nitrogen and oxygen atoms in total. The van der Waals surface area contributed by atoms with Crippen LogP contribution in [0.25, 0.3) is 0 Å². The maximum atomic E-state index is 13.1. The van der Waals surface area contributed by atoms with Crippen molar-refractivity contribution in [2.45, 2.75) is 20.0 Å². The summed E-state index contributed by atoms with van der Waals surface area (Å²) in [5.74, 6) is 2.03. The van der Waals surface area contributed by atoms with Crippen LogP contribution in [0.1, 0.15) is 24.5 Å². The summed E-state index contributed by atoms with van der Waals surface area (Å²) in [5.41, 5.74) is 1.81. The normalized spacial score (nSPS) is 31.1. The summed E-state index contributed by atoms with van der Waals surface area (Å²) >= 11 is 0. The van der Waals surface area contributed by atoms with Crippen LogP contribution in [0, 0.1) is 35.5 Å². The Morgan fingerprint density at radius 1 is 0.939 bits per heavy atom. The van der Waals surface area contributed by atoms with E-state index in [4.69, 9.17) is 9.47 Å². The summed E-state index contributed by atoms with van der Waals surface area (Å²) in [6.45, 7) is 2.84. The lowest BCUT2D eigenvalue weighted by atomic mass is 9.63. The van der Waals surface area contributed by atoms with Gasteiger partial charge in [-0.2, -0.15) is 10.1 Å². The highest BCUT2D eigenvalue weighted by Gasteiger charge is 2.67. The molecule has 33 heavy (non-hydrogen) atoms. The van der Waals surface area contributed by atoms with E-state index in [1.54, 1.807) is 6.21 Å². The SMILES string of the molecule is CCOc1cc(/C=N\N2C(=O)[C@@H]3[C@@H]4C=C[C@H]([C@@H]5C[C@H]45)[C@@H]3C2=O)ccc1OCc1ccccc1. The van der Waals surface area contributed by atoms with Crippen molar-refractivity contribution in [3.8, 4) is 11.5 Å². The topological polar surface area (TPSA) is 68.2 Å². The summed E-state index contributed by atoms with van der Waals surface area (Å²) < 4.78 is 11.7. The molecule has 168 valence electrons. The van der Waals surface area contributed by atoms with Crippen LogP contribution in [-0.2, 0) is 16.2 Å². The highest BCUT2D eigenvalue weighted by Crippen LogP contribution is 2.65. The number of rotatable bonds is 7. The molecule has 1 heterocycles. The molecule has 2 amide bonds. The molecular weight excluding hydrogens is 416 g/mol. The van der Waals surface area contributed by atoms with E-state index in [0.717, 1.165) is 22.6 Å². The molecule has 0 N–H and O–H groups in total. The van der Waals surface area contributed by atoms with Gasteiger partial charge in [0, 0.05) is 0 Å². The molecule has 1 saturated heterocycles. The number of nitrogens with zero attached hydrogens (tertiary/aromatic N) is 2. The average molecular weight is 443 g/mol. The van der Waals surface area contributed by atoms with Crippen LogP contribution in [0.2, 0.25) is 0 Å². The number of amides is 2. The van der Waals surface area contributed by atoms with Crippen molar-refractivity contribution in [2.24, 2.45) is 40.6 Å². The smallest absolute Gasteiger partial charge is 0.254 e. The van der Waals surface area contributed by atoms with Crippen molar-refractivity contribution in [1.82, 2.24) is 5.01 Å². The van der Waals surface area contributed by atoms with Gasteiger partial charge in [0.15, 0.2) is 11.5 Å². The van der Waals surface area contributed by atoms with E-state index in [0.29, 0.717) is 36.5 Å². The molecule has 2 aromatic rings. The molecule has 2 bridgehead atoms. The Hall–Kier alpha value is -3.41. The summed E-state index contributed by atoms with van der Waals surface area (Å²) in [7, 11) is 0. The van der Waals surface area contributed by atoms with E-state index < -0.39 is 0 Å². The molecule has 6 heteroatoms. The van der Waals surface area contributed by atoms with Gasteiger partial charge in [-0.1, -0.05) is 42.5 Å². The van der Waals surface area contributed by atoms with E-state index in [1.165, 1.54) is 0 Å². The molecule has 1 aliphatic heterocycles. The van der Waals surface area contributed by atoms with Gasteiger partial charge < -0.3 is 9.47 Å². The Kier molecular flexibility index (Phi) is 4.82. The average Bonchev–Trinajstić information content (AvgIpc) is 3.62. The summed E-state index contributed by atoms with van der Waals surface area (Å²) in [5, 5.41) is 5.43. The van der Waals surface area contributed by atoms with Gasteiger partial charge in [-0.05, 0) is 66.3 Å². The number of hydrogen-bond acceptors (Lipinski definition) is 5. The van der Waals surface area contributed by atoms with E-state index in [2.05, 4.69) is 17.3 Å². The zero-order valence-electron chi connectivity index (χ0n) is 18.5. The summed E-state index contributed by atoms with van der Waals surface area (Å²) in [4.78, 5) is 26.2. The van der Waals surface area contributed by atoms with E-state index in [1.807, 2.05) is 55.5 Å². The largest absolute Gasteiger partial charge is 0.490 e. The maximum absolute atomic E-state index is 13.1. The first kappa shape index (κ1) is 20.2. The van der Waals surface area contributed by atoms with Gasteiger partial charge in [-0.3, -0.25) is 9.59 Å². The Morgan fingerprint density at radius 2 is 1.64 bits per heavy atom. The summed E-state index contributed by atoms with van der Waals surface area (Å²) in [6, 6.07) is 15.4. The molecular formula is C27H26N2O4. The lowest BCUT2D eigenvalue weighted by molar-refractivity contribution is -0.140. The molecule has 7 rings (SSSR count). The Morgan fingerprint density at radius 3 is 2.30 bits per heavy atom. The number of hydrazone groups is 1.